The first-order valence-electron chi connectivity index (χ1n) is 9.20. The van der Waals surface area contributed by atoms with Gasteiger partial charge in [-0.15, -0.1) is 0 Å². The van der Waals surface area contributed by atoms with E-state index in [-0.39, 0.29) is 11.9 Å². The van der Waals surface area contributed by atoms with Crippen LogP contribution in [0.3, 0.4) is 0 Å². The lowest BCUT2D eigenvalue weighted by atomic mass is 10.0. The van der Waals surface area contributed by atoms with Gasteiger partial charge in [0, 0.05) is 37.6 Å². The molecule has 7 heteroatoms. The smallest absolute Gasteiger partial charge is 0.257 e. The molecule has 0 bridgehead atoms. The number of nitrogens with zero attached hydrogens (tertiary/aromatic N) is 4. The van der Waals surface area contributed by atoms with Crippen LogP contribution < -0.4 is 0 Å². The average Bonchev–Trinajstić information content (AvgIpc) is 3.33. The third kappa shape index (κ3) is 4.08. The lowest BCUT2D eigenvalue weighted by Crippen LogP contribution is -2.48. The predicted octanol–water partition coefficient (Wildman–Crippen LogP) is 2.86. The minimum absolute atomic E-state index is 0.00455. The Hall–Kier alpha value is -2.15. The van der Waals surface area contributed by atoms with E-state index in [2.05, 4.69) is 21.9 Å². The lowest BCUT2D eigenvalue weighted by Gasteiger charge is -2.32. The molecule has 1 saturated heterocycles. The summed E-state index contributed by atoms with van der Waals surface area (Å²) in [5.41, 5.74) is 1.85. The Labute approximate surface area is 164 Å². The number of furan rings is 1. The Morgan fingerprint density at radius 1 is 1.19 bits per heavy atom. The number of hydrogen-bond donors (Lipinski definition) is 0. The second-order valence-corrected chi connectivity index (χ2v) is 7.54. The minimum Gasteiger partial charge on any atom is -0.467 e. The molecule has 0 N–H and O–H groups in total. The quantitative estimate of drug-likeness (QED) is 0.810. The largest absolute Gasteiger partial charge is 0.467 e. The van der Waals surface area contributed by atoms with Gasteiger partial charge in [0.25, 0.3) is 5.91 Å². The van der Waals surface area contributed by atoms with Crippen LogP contribution in [0.1, 0.15) is 23.8 Å². The van der Waals surface area contributed by atoms with Gasteiger partial charge in [0.1, 0.15) is 11.8 Å². The summed E-state index contributed by atoms with van der Waals surface area (Å²) in [7, 11) is 2.11. The van der Waals surface area contributed by atoms with Crippen LogP contribution in [0.25, 0.3) is 0 Å². The van der Waals surface area contributed by atoms with Crippen molar-refractivity contribution in [1.29, 1.82) is 0 Å². The second kappa shape index (κ2) is 7.84. The molecule has 2 aliphatic heterocycles. The van der Waals surface area contributed by atoms with Crippen LogP contribution in [-0.4, -0.2) is 66.2 Å². The van der Waals surface area contributed by atoms with Crippen LogP contribution in [0.2, 0.25) is 5.02 Å². The molecule has 27 heavy (non-hydrogen) atoms. The van der Waals surface area contributed by atoms with Gasteiger partial charge >= 0.3 is 0 Å². The highest BCUT2D eigenvalue weighted by molar-refractivity contribution is 6.30. The van der Waals surface area contributed by atoms with Crippen LogP contribution in [0.4, 0.5) is 0 Å². The highest BCUT2D eigenvalue weighted by Crippen LogP contribution is 2.33. The van der Waals surface area contributed by atoms with Crippen molar-refractivity contribution in [2.45, 2.75) is 12.5 Å². The molecule has 3 heterocycles. The van der Waals surface area contributed by atoms with Gasteiger partial charge in [-0.3, -0.25) is 9.69 Å². The second-order valence-electron chi connectivity index (χ2n) is 7.11. The molecular weight excluding hydrogens is 364 g/mol. The van der Waals surface area contributed by atoms with Crippen molar-refractivity contribution in [2.24, 2.45) is 5.10 Å². The first-order chi connectivity index (χ1) is 13.1. The first-order valence-corrected chi connectivity index (χ1v) is 9.58. The highest BCUT2D eigenvalue weighted by atomic mass is 35.5. The van der Waals surface area contributed by atoms with Crippen LogP contribution in [0.15, 0.2) is 52.2 Å². The van der Waals surface area contributed by atoms with Gasteiger partial charge in [-0.1, -0.05) is 23.7 Å². The van der Waals surface area contributed by atoms with Crippen molar-refractivity contribution >= 4 is 23.2 Å². The molecular formula is C20H23ClN4O2. The summed E-state index contributed by atoms with van der Waals surface area (Å²) in [5.74, 6) is 0.763. The Kier molecular flexibility index (Phi) is 5.29. The van der Waals surface area contributed by atoms with Crippen LogP contribution in [0.5, 0.6) is 0 Å². The van der Waals surface area contributed by atoms with Crippen LogP contribution in [-0.2, 0) is 4.79 Å². The van der Waals surface area contributed by atoms with Gasteiger partial charge in [-0.2, -0.15) is 5.10 Å². The Morgan fingerprint density at radius 2 is 1.93 bits per heavy atom. The summed E-state index contributed by atoms with van der Waals surface area (Å²) in [4.78, 5) is 17.5. The van der Waals surface area contributed by atoms with E-state index in [1.807, 2.05) is 36.4 Å². The zero-order valence-electron chi connectivity index (χ0n) is 15.3. The number of hydrogen-bond acceptors (Lipinski definition) is 5. The SMILES string of the molecule is CN1CCN(CC(=O)N2N=C(c3ccc(Cl)cc3)C[C@H]2c2ccco2)CC1. The zero-order valence-corrected chi connectivity index (χ0v) is 16.1. The monoisotopic (exact) mass is 386 g/mol. The van der Waals surface area contributed by atoms with Gasteiger partial charge in [-0.05, 0) is 36.9 Å². The number of carbonyl (C=O) groups is 1. The van der Waals surface area contributed by atoms with Gasteiger partial charge in [0.2, 0.25) is 0 Å². The molecule has 1 aromatic carbocycles. The molecule has 1 aromatic heterocycles. The van der Waals surface area contributed by atoms with Gasteiger partial charge in [0.15, 0.2) is 0 Å². The molecule has 2 aromatic rings. The molecule has 6 nitrogen and oxygen atoms in total. The van der Waals surface area contributed by atoms with E-state index >= 15 is 0 Å². The molecule has 0 spiro atoms. The number of benzene rings is 1. The summed E-state index contributed by atoms with van der Waals surface area (Å²) in [6, 6.07) is 11.1. The topological polar surface area (TPSA) is 52.3 Å². The van der Waals surface area contributed by atoms with Crippen molar-refractivity contribution in [3.63, 3.8) is 0 Å². The average molecular weight is 387 g/mol. The number of rotatable bonds is 4. The van der Waals surface area contributed by atoms with E-state index in [9.17, 15) is 4.79 Å². The fourth-order valence-electron chi connectivity index (χ4n) is 3.53. The number of likely N-dealkylation sites (N-methyl/N-ethyl adjacent to an activating group) is 1. The molecule has 0 aliphatic carbocycles. The maximum Gasteiger partial charge on any atom is 0.257 e. The Bertz CT molecular complexity index is 811. The third-order valence-electron chi connectivity index (χ3n) is 5.17. The maximum absolute atomic E-state index is 13.0. The summed E-state index contributed by atoms with van der Waals surface area (Å²) in [5, 5.41) is 6.95. The van der Waals surface area contributed by atoms with Crippen molar-refractivity contribution in [2.75, 3.05) is 39.8 Å². The molecule has 1 amide bonds. The maximum atomic E-state index is 13.0. The molecule has 0 saturated carbocycles. The van der Waals surface area contributed by atoms with Crippen LogP contribution in [0, 0.1) is 0 Å². The number of hydrazone groups is 1. The predicted molar refractivity (Wildman–Crippen MR) is 105 cm³/mol. The first kappa shape index (κ1) is 18.2. The summed E-state index contributed by atoms with van der Waals surface area (Å²) >= 11 is 6.00. The molecule has 2 aliphatic rings. The van der Waals surface area contributed by atoms with Crippen molar-refractivity contribution in [1.82, 2.24) is 14.8 Å². The van der Waals surface area contributed by atoms with E-state index in [4.69, 9.17) is 16.0 Å². The van der Waals surface area contributed by atoms with Gasteiger partial charge in [-0.25, -0.2) is 5.01 Å². The number of carbonyl (C=O) groups excluding carboxylic acids is 1. The minimum atomic E-state index is -0.203. The normalized spacial score (nSPS) is 21.5. The van der Waals surface area contributed by atoms with E-state index in [0.717, 1.165) is 43.2 Å². The molecule has 0 radical (unpaired) electrons. The summed E-state index contributed by atoms with van der Waals surface area (Å²) in [6.07, 6.45) is 2.27. The van der Waals surface area contributed by atoms with E-state index in [1.54, 1.807) is 11.3 Å². The van der Waals surface area contributed by atoms with E-state index in [0.29, 0.717) is 18.0 Å². The van der Waals surface area contributed by atoms with Crippen molar-refractivity contribution < 1.29 is 9.21 Å². The van der Waals surface area contributed by atoms with Crippen molar-refractivity contribution in [3.8, 4) is 0 Å². The summed E-state index contributed by atoms with van der Waals surface area (Å²) < 4.78 is 5.60. The van der Waals surface area contributed by atoms with Crippen molar-refractivity contribution in [3.05, 3.63) is 59.0 Å². The standard InChI is InChI=1S/C20H23ClN4O2/c1-23-8-10-24(11-9-23)14-20(26)25-18(19-3-2-12-27-19)13-17(22-25)15-4-6-16(21)7-5-15/h2-7,12,18H,8-11,13-14H2,1H3/t18-/m0/s1. The highest BCUT2D eigenvalue weighted by Gasteiger charge is 2.35. The Balaban J connectivity index is 1.54. The van der Waals surface area contributed by atoms with E-state index in [1.165, 1.54) is 0 Å². The molecule has 142 valence electrons. The molecule has 4 rings (SSSR count). The lowest BCUT2D eigenvalue weighted by molar-refractivity contribution is -0.135. The van der Waals surface area contributed by atoms with E-state index < -0.39 is 0 Å². The van der Waals surface area contributed by atoms with Gasteiger partial charge in [0.05, 0.1) is 18.5 Å². The van der Waals surface area contributed by atoms with Gasteiger partial charge < -0.3 is 9.32 Å². The Morgan fingerprint density at radius 3 is 2.59 bits per heavy atom. The summed E-state index contributed by atoms with van der Waals surface area (Å²) in [6.45, 7) is 4.13. The fraction of sp³-hybridized carbons (Fsp3) is 0.400. The number of piperazine rings is 1. The number of amides is 1. The zero-order chi connectivity index (χ0) is 18.8. The molecule has 1 fully saturated rings. The van der Waals surface area contributed by atoms with Crippen LogP contribution >= 0.6 is 11.6 Å². The molecule has 1 atom stereocenters. The molecule has 0 unspecified atom stereocenters. The fourth-order valence-corrected chi connectivity index (χ4v) is 3.66. The third-order valence-corrected chi connectivity index (χ3v) is 5.42. The number of halogens is 1.